The van der Waals surface area contributed by atoms with Crippen molar-refractivity contribution in [2.75, 3.05) is 26.3 Å². The van der Waals surface area contributed by atoms with Gasteiger partial charge in [-0.2, -0.15) is 0 Å². The summed E-state index contributed by atoms with van der Waals surface area (Å²) in [5.41, 5.74) is 2.04. The molecule has 0 bridgehead atoms. The second kappa shape index (κ2) is 10.4. The van der Waals surface area contributed by atoms with Crippen molar-refractivity contribution in [2.24, 2.45) is 4.99 Å². The molecule has 1 unspecified atom stereocenters. The van der Waals surface area contributed by atoms with Gasteiger partial charge in [-0.1, -0.05) is 48.0 Å². The Morgan fingerprint density at radius 1 is 1.06 bits per heavy atom. The number of rotatable bonds is 8. The van der Waals surface area contributed by atoms with E-state index in [1.54, 1.807) is 12.1 Å². The highest BCUT2D eigenvalue weighted by Crippen LogP contribution is 2.23. The number of piperidine rings is 1. The Bertz CT molecular complexity index is 1030. The normalized spacial score (nSPS) is 18.7. The molecule has 4 rings (SSSR count). The van der Waals surface area contributed by atoms with Crippen molar-refractivity contribution in [1.82, 2.24) is 14.5 Å². The highest BCUT2D eigenvalue weighted by molar-refractivity contribution is 7.89. The molecule has 0 aliphatic carbocycles. The summed E-state index contributed by atoms with van der Waals surface area (Å²) in [6.45, 7) is 5.60. The standard InChI is InChI=1S/C25H32N4O2S/c1-21-8-10-24(11-9-21)32(30,31)27-25(22-6-3-2-4-7-22)14-19-28-17-12-23(13-18-28)29-16-5-15-26-20-29/h2-11,15-16,23,25,27H,12-14,17-20H2,1H3. The van der Waals surface area contributed by atoms with Crippen LogP contribution in [-0.2, 0) is 10.0 Å². The summed E-state index contributed by atoms with van der Waals surface area (Å²) in [6.07, 6.45) is 8.93. The van der Waals surface area contributed by atoms with E-state index in [4.69, 9.17) is 0 Å². The molecular formula is C25H32N4O2S. The molecule has 0 spiro atoms. The molecule has 1 N–H and O–H groups in total. The van der Waals surface area contributed by atoms with Gasteiger partial charge in [-0.05, 0) is 56.5 Å². The fourth-order valence-electron chi connectivity index (χ4n) is 4.37. The minimum absolute atomic E-state index is 0.264. The molecule has 2 heterocycles. The quantitative estimate of drug-likeness (QED) is 0.663. The summed E-state index contributed by atoms with van der Waals surface area (Å²) >= 11 is 0. The molecule has 1 saturated heterocycles. The molecule has 6 nitrogen and oxygen atoms in total. The van der Waals surface area contributed by atoms with E-state index in [1.165, 1.54) is 0 Å². The van der Waals surface area contributed by atoms with Crippen LogP contribution >= 0.6 is 0 Å². The lowest BCUT2D eigenvalue weighted by atomic mass is 10.0. The molecule has 2 aromatic rings. The predicted molar refractivity (Wildman–Crippen MR) is 129 cm³/mol. The van der Waals surface area contributed by atoms with Gasteiger partial charge >= 0.3 is 0 Å². The topological polar surface area (TPSA) is 65.0 Å². The van der Waals surface area contributed by atoms with E-state index < -0.39 is 10.0 Å². The summed E-state index contributed by atoms with van der Waals surface area (Å²) in [5.74, 6) is 0. The van der Waals surface area contributed by atoms with Crippen LogP contribution in [0.2, 0.25) is 0 Å². The van der Waals surface area contributed by atoms with Crippen molar-refractivity contribution in [1.29, 1.82) is 0 Å². The van der Waals surface area contributed by atoms with Gasteiger partial charge in [0.05, 0.1) is 4.90 Å². The molecule has 0 radical (unpaired) electrons. The summed E-state index contributed by atoms with van der Waals surface area (Å²) < 4.78 is 29.1. The number of allylic oxidation sites excluding steroid dienone is 1. The number of hydrogen-bond donors (Lipinski definition) is 1. The lowest BCUT2D eigenvalue weighted by Crippen LogP contribution is -2.44. The van der Waals surface area contributed by atoms with Crippen LogP contribution in [0.5, 0.6) is 0 Å². The minimum atomic E-state index is -3.60. The molecule has 1 atom stereocenters. The predicted octanol–water partition coefficient (Wildman–Crippen LogP) is 3.73. The van der Waals surface area contributed by atoms with Crippen LogP contribution in [0.4, 0.5) is 0 Å². The largest absolute Gasteiger partial charge is 0.355 e. The third kappa shape index (κ3) is 5.85. The molecular weight excluding hydrogens is 420 g/mol. The van der Waals surface area contributed by atoms with Gasteiger partial charge in [0.25, 0.3) is 0 Å². The van der Waals surface area contributed by atoms with Gasteiger partial charge in [0.2, 0.25) is 10.0 Å². The van der Waals surface area contributed by atoms with Gasteiger partial charge in [-0.15, -0.1) is 0 Å². The van der Waals surface area contributed by atoms with Crippen molar-refractivity contribution < 1.29 is 8.42 Å². The Labute approximate surface area is 191 Å². The Kier molecular flexibility index (Phi) is 7.40. The zero-order valence-electron chi connectivity index (χ0n) is 18.6. The van der Waals surface area contributed by atoms with Gasteiger partial charge in [-0.3, -0.25) is 4.99 Å². The molecule has 0 amide bonds. The van der Waals surface area contributed by atoms with Gasteiger partial charge in [0.15, 0.2) is 0 Å². The van der Waals surface area contributed by atoms with E-state index >= 15 is 0 Å². The minimum Gasteiger partial charge on any atom is -0.355 e. The van der Waals surface area contributed by atoms with Crippen molar-refractivity contribution in [3.63, 3.8) is 0 Å². The van der Waals surface area contributed by atoms with Crippen molar-refractivity contribution in [3.8, 4) is 0 Å². The van der Waals surface area contributed by atoms with Crippen LogP contribution in [0.15, 0.2) is 76.8 Å². The van der Waals surface area contributed by atoms with E-state index in [0.29, 0.717) is 10.9 Å². The van der Waals surface area contributed by atoms with E-state index in [9.17, 15) is 8.42 Å². The van der Waals surface area contributed by atoms with Crippen LogP contribution < -0.4 is 4.72 Å². The lowest BCUT2D eigenvalue weighted by Gasteiger charge is -2.38. The van der Waals surface area contributed by atoms with E-state index in [0.717, 1.165) is 56.7 Å². The fraction of sp³-hybridized carbons (Fsp3) is 0.400. The summed E-state index contributed by atoms with van der Waals surface area (Å²) in [7, 11) is -3.60. The Hall–Kier alpha value is -2.48. The number of hydrogen-bond acceptors (Lipinski definition) is 5. The molecule has 32 heavy (non-hydrogen) atoms. The maximum absolute atomic E-state index is 13.0. The molecule has 7 heteroatoms. The van der Waals surface area contributed by atoms with E-state index in [-0.39, 0.29) is 6.04 Å². The first-order valence-corrected chi connectivity index (χ1v) is 12.8. The second-order valence-corrected chi connectivity index (χ2v) is 10.3. The fourth-order valence-corrected chi connectivity index (χ4v) is 5.63. The van der Waals surface area contributed by atoms with Gasteiger partial charge in [0, 0.05) is 37.6 Å². The molecule has 1 fully saturated rings. The highest BCUT2D eigenvalue weighted by Gasteiger charge is 2.25. The smallest absolute Gasteiger partial charge is 0.241 e. The number of nitrogens with zero attached hydrogens (tertiary/aromatic N) is 3. The highest BCUT2D eigenvalue weighted by atomic mass is 32.2. The third-order valence-corrected chi connectivity index (χ3v) is 7.79. The number of aryl methyl sites for hydroxylation is 1. The van der Waals surface area contributed by atoms with Crippen LogP contribution in [-0.4, -0.2) is 56.8 Å². The Morgan fingerprint density at radius 2 is 1.78 bits per heavy atom. The average molecular weight is 453 g/mol. The zero-order chi connectivity index (χ0) is 22.4. The van der Waals surface area contributed by atoms with Gasteiger partial charge in [-0.25, -0.2) is 13.1 Å². The number of likely N-dealkylation sites (tertiary alicyclic amines) is 1. The molecule has 170 valence electrons. The van der Waals surface area contributed by atoms with Crippen LogP contribution in [0.3, 0.4) is 0 Å². The zero-order valence-corrected chi connectivity index (χ0v) is 19.4. The molecule has 2 aromatic carbocycles. The van der Waals surface area contributed by atoms with Crippen LogP contribution in [0.25, 0.3) is 0 Å². The van der Waals surface area contributed by atoms with Gasteiger partial charge in [0.1, 0.15) is 6.67 Å². The SMILES string of the molecule is Cc1ccc(S(=O)(=O)NC(CCN2CCC(N3C=CC=NC3)CC2)c2ccccc2)cc1. The summed E-state index contributed by atoms with van der Waals surface area (Å²) in [6, 6.07) is 17.1. The average Bonchev–Trinajstić information content (AvgIpc) is 2.83. The van der Waals surface area contributed by atoms with Crippen molar-refractivity contribution in [3.05, 3.63) is 78.0 Å². The van der Waals surface area contributed by atoms with E-state index in [2.05, 4.69) is 25.7 Å². The molecule has 0 saturated carbocycles. The maximum Gasteiger partial charge on any atom is 0.241 e. The van der Waals surface area contributed by atoms with Crippen molar-refractivity contribution >= 4 is 16.2 Å². The first-order valence-electron chi connectivity index (χ1n) is 11.3. The van der Waals surface area contributed by atoms with Gasteiger partial charge < -0.3 is 9.80 Å². The third-order valence-electron chi connectivity index (χ3n) is 6.30. The number of aliphatic imine (C=N–C) groups is 1. The monoisotopic (exact) mass is 452 g/mol. The van der Waals surface area contributed by atoms with Crippen LogP contribution in [0.1, 0.15) is 36.4 Å². The van der Waals surface area contributed by atoms with E-state index in [1.807, 2.05) is 61.7 Å². The van der Waals surface area contributed by atoms with Crippen LogP contribution in [0, 0.1) is 6.92 Å². The number of sulfonamides is 1. The molecule has 0 aromatic heterocycles. The number of nitrogens with one attached hydrogen (secondary N) is 1. The second-order valence-electron chi connectivity index (χ2n) is 8.59. The Morgan fingerprint density at radius 3 is 2.44 bits per heavy atom. The maximum atomic E-state index is 13.0. The molecule has 2 aliphatic heterocycles. The summed E-state index contributed by atoms with van der Waals surface area (Å²) in [4.78, 5) is 9.42. The van der Waals surface area contributed by atoms with Crippen molar-refractivity contribution in [2.45, 2.75) is 43.2 Å². The number of benzene rings is 2. The summed E-state index contributed by atoms with van der Waals surface area (Å²) in [5, 5.41) is 0. The Balaban J connectivity index is 1.38. The first-order chi connectivity index (χ1) is 15.5. The first kappa shape index (κ1) is 22.7. The lowest BCUT2D eigenvalue weighted by molar-refractivity contribution is 0.139. The molecule has 2 aliphatic rings.